The van der Waals surface area contributed by atoms with E-state index in [1.54, 1.807) is 11.3 Å². The van der Waals surface area contributed by atoms with Gasteiger partial charge in [0.05, 0.1) is 12.6 Å². The molecular weight excluding hydrogens is 312 g/mol. The highest BCUT2D eigenvalue weighted by Crippen LogP contribution is 2.41. The standard InChI is InChI=1S/C17H22N2OS2/c1-11-7-13-14(8-17(2,3)9-15(13)20-11)19-16(21)18-10-12-5-4-6-22-12/h4-7,14H,8-10H2,1-3H3,(H2,18,19,21)/t14-/m1/s1. The van der Waals surface area contributed by atoms with E-state index in [1.165, 1.54) is 10.4 Å². The first kappa shape index (κ1) is 15.6. The van der Waals surface area contributed by atoms with E-state index >= 15 is 0 Å². The van der Waals surface area contributed by atoms with E-state index in [0.29, 0.717) is 5.11 Å². The number of fused-ring (bicyclic) bond motifs is 1. The molecule has 0 amide bonds. The first-order valence-corrected chi connectivity index (χ1v) is 8.88. The summed E-state index contributed by atoms with van der Waals surface area (Å²) in [4.78, 5) is 1.29. The van der Waals surface area contributed by atoms with Crippen LogP contribution in [0, 0.1) is 12.3 Å². The van der Waals surface area contributed by atoms with Crippen molar-refractivity contribution in [3.05, 3.63) is 45.5 Å². The van der Waals surface area contributed by atoms with Gasteiger partial charge < -0.3 is 15.1 Å². The third kappa shape index (κ3) is 3.52. The predicted octanol–water partition coefficient (Wildman–Crippen LogP) is 4.33. The molecule has 1 aliphatic carbocycles. The van der Waals surface area contributed by atoms with Crippen molar-refractivity contribution in [3.8, 4) is 0 Å². The zero-order chi connectivity index (χ0) is 15.7. The average Bonchev–Trinajstić information content (AvgIpc) is 3.04. The van der Waals surface area contributed by atoms with E-state index < -0.39 is 0 Å². The highest BCUT2D eigenvalue weighted by Gasteiger charge is 2.35. The Labute approximate surface area is 141 Å². The molecule has 0 saturated heterocycles. The fourth-order valence-electron chi connectivity index (χ4n) is 3.10. The molecular formula is C17H22N2OS2. The fraction of sp³-hybridized carbons (Fsp3) is 0.471. The lowest BCUT2D eigenvalue weighted by atomic mass is 9.75. The van der Waals surface area contributed by atoms with Gasteiger partial charge in [0.1, 0.15) is 11.5 Å². The van der Waals surface area contributed by atoms with Crippen LogP contribution in [-0.2, 0) is 13.0 Å². The first-order chi connectivity index (χ1) is 10.4. The van der Waals surface area contributed by atoms with Crippen molar-refractivity contribution in [3.63, 3.8) is 0 Å². The van der Waals surface area contributed by atoms with Crippen LogP contribution in [0.25, 0.3) is 0 Å². The van der Waals surface area contributed by atoms with Crippen LogP contribution in [0.5, 0.6) is 0 Å². The third-order valence-electron chi connectivity index (χ3n) is 4.04. The summed E-state index contributed by atoms with van der Waals surface area (Å²) in [7, 11) is 0. The molecule has 22 heavy (non-hydrogen) atoms. The summed E-state index contributed by atoms with van der Waals surface area (Å²) < 4.78 is 5.87. The zero-order valence-corrected chi connectivity index (χ0v) is 14.9. The SMILES string of the molecule is Cc1cc2c(o1)CC(C)(C)C[C@H]2NC(=S)NCc1cccs1. The normalized spacial score (nSPS) is 19.5. The molecule has 2 aromatic rings. The van der Waals surface area contributed by atoms with Crippen molar-refractivity contribution in [1.29, 1.82) is 0 Å². The van der Waals surface area contributed by atoms with E-state index in [2.05, 4.69) is 48.1 Å². The van der Waals surface area contributed by atoms with Gasteiger partial charge in [-0.15, -0.1) is 11.3 Å². The molecule has 1 aliphatic rings. The van der Waals surface area contributed by atoms with E-state index in [9.17, 15) is 0 Å². The first-order valence-electron chi connectivity index (χ1n) is 7.59. The maximum Gasteiger partial charge on any atom is 0.167 e. The summed E-state index contributed by atoms with van der Waals surface area (Å²) in [5, 5.41) is 9.56. The number of hydrogen-bond acceptors (Lipinski definition) is 3. The lowest BCUT2D eigenvalue weighted by Gasteiger charge is -2.35. The fourth-order valence-corrected chi connectivity index (χ4v) is 3.96. The highest BCUT2D eigenvalue weighted by atomic mass is 32.1. The maximum atomic E-state index is 5.87. The molecule has 0 radical (unpaired) electrons. The van der Waals surface area contributed by atoms with Crippen molar-refractivity contribution in [1.82, 2.24) is 10.6 Å². The number of furan rings is 1. The van der Waals surface area contributed by atoms with Crippen LogP contribution >= 0.6 is 23.6 Å². The Morgan fingerprint density at radius 1 is 1.50 bits per heavy atom. The highest BCUT2D eigenvalue weighted by molar-refractivity contribution is 7.80. The summed E-state index contributed by atoms with van der Waals surface area (Å²) in [5.74, 6) is 2.08. The van der Waals surface area contributed by atoms with Crippen LogP contribution < -0.4 is 10.6 Å². The number of nitrogens with one attached hydrogen (secondary N) is 2. The molecule has 118 valence electrons. The van der Waals surface area contributed by atoms with E-state index in [-0.39, 0.29) is 11.5 Å². The maximum absolute atomic E-state index is 5.87. The molecule has 0 unspecified atom stereocenters. The van der Waals surface area contributed by atoms with Crippen LogP contribution in [0.3, 0.4) is 0 Å². The second kappa shape index (κ2) is 6.05. The minimum atomic E-state index is 0.221. The third-order valence-corrected chi connectivity index (χ3v) is 5.18. The van der Waals surface area contributed by atoms with Crippen LogP contribution in [0.1, 0.15) is 48.3 Å². The molecule has 0 aliphatic heterocycles. The van der Waals surface area contributed by atoms with E-state index in [1.807, 2.05) is 6.92 Å². The molecule has 2 aromatic heterocycles. The van der Waals surface area contributed by atoms with Gasteiger partial charge in [-0.25, -0.2) is 0 Å². The average molecular weight is 335 g/mol. The summed E-state index contributed by atoms with van der Waals surface area (Å²) >= 11 is 7.21. The minimum absolute atomic E-state index is 0.221. The number of hydrogen-bond donors (Lipinski definition) is 2. The van der Waals surface area contributed by atoms with Gasteiger partial charge in [0.25, 0.3) is 0 Å². The lowest BCUT2D eigenvalue weighted by molar-refractivity contribution is 0.245. The van der Waals surface area contributed by atoms with Crippen molar-refractivity contribution in [2.45, 2.75) is 46.2 Å². The Kier molecular flexibility index (Phi) is 4.28. The molecule has 2 N–H and O–H groups in total. The molecule has 0 aromatic carbocycles. The Morgan fingerprint density at radius 3 is 3.05 bits per heavy atom. The molecule has 0 bridgehead atoms. The Hall–Kier alpha value is -1.33. The largest absolute Gasteiger partial charge is 0.466 e. The van der Waals surface area contributed by atoms with Gasteiger partial charge in [-0.3, -0.25) is 0 Å². The molecule has 3 rings (SSSR count). The van der Waals surface area contributed by atoms with Gasteiger partial charge in [-0.05, 0) is 48.5 Å². The van der Waals surface area contributed by atoms with Crippen molar-refractivity contribution >= 4 is 28.7 Å². The van der Waals surface area contributed by atoms with E-state index in [4.69, 9.17) is 16.6 Å². The monoisotopic (exact) mass is 334 g/mol. The molecule has 0 fully saturated rings. The number of thiocarbonyl (C=S) groups is 1. The minimum Gasteiger partial charge on any atom is -0.466 e. The molecule has 1 atom stereocenters. The van der Waals surface area contributed by atoms with Gasteiger partial charge in [0, 0.05) is 16.9 Å². The molecule has 0 saturated carbocycles. The smallest absolute Gasteiger partial charge is 0.167 e. The van der Waals surface area contributed by atoms with Gasteiger partial charge in [0.2, 0.25) is 0 Å². The van der Waals surface area contributed by atoms with Crippen molar-refractivity contribution in [2.75, 3.05) is 0 Å². The number of aryl methyl sites for hydroxylation is 1. The summed E-state index contributed by atoms with van der Waals surface area (Å²) in [6, 6.07) is 6.54. The van der Waals surface area contributed by atoms with Crippen LogP contribution in [0.15, 0.2) is 28.0 Å². The van der Waals surface area contributed by atoms with Gasteiger partial charge >= 0.3 is 0 Å². The topological polar surface area (TPSA) is 37.2 Å². The van der Waals surface area contributed by atoms with Crippen LogP contribution in [0.4, 0.5) is 0 Å². The van der Waals surface area contributed by atoms with Gasteiger partial charge in [0.15, 0.2) is 5.11 Å². The predicted molar refractivity (Wildman–Crippen MR) is 95.2 cm³/mol. The summed E-state index contributed by atoms with van der Waals surface area (Å²) in [5.41, 5.74) is 1.48. The summed E-state index contributed by atoms with van der Waals surface area (Å²) in [6.45, 7) is 7.35. The Balaban J connectivity index is 1.67. The van der Waals surface area contributed by atoms with Crippen LogP contribution in [-0.4, -0.2) is 5.11 Å². The molecule has 2 heterocycles. The molecule has 3 nitrogen and oxygen atoms in total. The second-order valence-electron chi connectivity index (χ2n) is 6.74. The van der Waals surface area contributed by atoms with E-state index in [0.717, 1.165) is 30.9 Å². The number of thiophene rings is 1. The summed E-state index contributed by atoms with van der Waals surface area (Å²) in [6.07, 6.45) is 2.05. The number of rotatable bonds is 3. The molecule has 5 heteroatoms. The lowest BCUT2D eigenvalue weighted by Crippen LogP contribution is -2.41. The van der Waals surface area contributed by atoms with Gasteiger partial charge in [-0.2, -0.15) is 0 Å². The second-order valence-corrected chi connectivity index (χ2v) is 8.18. The molecule has 0 spiro atoms. The van der Waals surface area contributed by atoms with Crippen molar-refractivity contribution < 1.29 is 4.42 Å². The van der Waals surface area contributed by atoms with Crippen molar-refractivity contribution in [2.24, 2.45) is 5.41 Å². The Bertz CT molecular complexity index is 658. The Morgan fingerprint density at radius 2 is 2.32 bits per heavy atom. The zero-order valence-electron chi connectivity index (χ0n) is 13.2. The van der Waals surface area contributed by atoms with Gasteiger partial charge in [-0.1, -0.05) is 19.9 Å². The van der Waals surface area contributed by atoms with Crippen LogP contribution in [0.2, 0.25) is 0 Å². The quantitative estimate of drug-likeness (QED) is 0.820.